The average Bonchev–Trinajstić information content (AvgIpc) is 2.77. The van der Waals surface area contributed by atoms with Crippen LogP contribution in [0.5, 0.6) is 0 Å². The predicted octanol–water partition coefficient (Wildman–Crippen LogP) is 1.77. The molecule has 0 aliphatic heterocycles. The molecule has 0 unspecified atom stereocenters. The smallest absolute Gasteiger partial charge is 0.227 e. The van der Waals surface area contributed by atoms with E-state index >= 15 is 0 Å². The fourth-order valence-corrected chi connectivity index (χ4v) is 1.77. The minimum atomic E-state index is 0.0328. The highest BCUT2D eigenvalue weighted by Gasteiger charge is 2.12. The van der Waals surface area contributed by atoms with Gasteiger partial charge in [0.1, 0.15) is 11.5 Å². The number of rotatable bonds is 4. The molecule has 5 nitrogen and oxygen atoms in total. The summed E-state index contributed by atoms with van der Waals surface area (Å²) in [5.74, 6) is 0.778. The van der Waals surface area contributed by atoms with Crippen LogP contribution < -0.4 is 5.73 Å². The first-order chi connectivity index (χ1) is 9.04. The summed E-state index contributed by atoms with van der Waals surface area (Å²) >= 11 is 0. The van der Waals surface area contributed by atoms with Crippen LogP contribution in [0.4, 0.5) is 5.69 Å². The Labute approximate surface area is 112 Å². The number of nitrogens with two attached hydrogens (primary N) is 1. The van der Waals surface area contributed by atoms with Crippen molar-refractivity contribution in [3.05, 3.63) is 47.3 Å². The van der Waals surface area contributed by atoms with Crippen LogP contribution in [-0.4, -0.2) is 23.0 Å². The van der Waals surface area contributed by atoms with E-state index in [2.05, 4.69) is 5.16 Å². The molecule has 1 heterocycles. The van der Waals surface area contributed by atoms with Gasteiger partial charge in [0, 0.05) is 18.8 Å². The van der Waals surface area contributed by atoms with Crippen LogP contribution in [0, 0.1) is 6.92 Å². The summed E-state index contributed by atoms with van der Waals surface area (Å²) in [7, 11) is 1.75. The molecule has 1 aromatic carbocycles. The molecule has 2 N–H and O–H groups in total. The maximum absolute atomic E-state index is 12.0. The van der Waals surface area contributed by atoms with E-state index in [4.69, 9.17) is 10.3 Å². The van der Waals surface area contributed by atoms with Crippen LogP contribution in [0.3, 0.4) is 0 Å². The molecule has 1 amide bonds. The molecule has 0 aliphatic rings. The molecule has 0 bridgehead atoms. The van der Waals surface area contributed by atoms with Gasteiger partial charge in [-0.3, -0.25) is 4.79 Å². The van der Waals surface area contributed by atoms with Crippen molar-refractivity contribution in [3.63, 3.8) is 0 Å². The normalized spacial score (nSPS) is 10.4. The standard InChI is InChI=1S/C14H17N3O2/c1-10-7-13(16-19-10)9-17(2)14(18)8-11-3-5-12(15)6-4-11/h3-7H,8-9,15H2,1-2H3. The monoisotopic (exact) mass is 259 g/mol. The minimum absolute atomic E-state index is 0.0328. The zero-order valence-electron chi connectivity index (χ0n) is 11.1. The second kappa shape index (κ2) is 5.56. The van der Waals surface area contributed by atoms with Gasteiger partial charge in [-0.2, -0.15) is 0 Å². The van der Waals surface area contributed by atoms with Crippen LogP contribution in [0.2, 0.25) is 0 Å². The molecule has 0 aliphatic carbocycles. The van der Waals surface area contributed by atoms with Crippen molar-refractivity contribution >= 4 is 11.6 Å². The highest BCUT2D eigenvalue weighted by atomic mass is 16.5. The van der Waals surface area contributed by atoms with Crippen LogP contribution in [0.25, 0.3) is 0 Å². The second-order valence-electron chi connectivity index (χ2n) is 4.60. The zero-order valence-corrected chi connectivity index (χ0v) is 11.1. The molecule has 100 valence electrons. The van der Waals surface area contributed by atoms with Gasteiger partial charge in [-0.25, -0.2) is 0 Å². The number of likely N-dealkylation sites (N-methyl/N-ethyl adjacent to an activating group) is 1. The summed E-state index contributed by atoms with van der Waals surface area (Å²) in [4.78, 5) is 13.7. The zero-order chi connectivity index (χ0) is 13.8. The van der Waals surface area contributed by atoms with Crippen molar-refractivity contribution in [3.8, 4) is 0 Å². The Kier molecular flexibility index (Phi) is 3.85. The number of hydrogen-bond acceptors (Lipinski definition) is 4. The maximum atomic E-state index is 12.0. The van der Waals surface area contributed by atoms with Gasteiger partial charge in [-0.05, 0) is 24.6 Å². The van der Waals surface area contributed by atoms with E-state index in [1.54, 1.807) is 24.1 Å². The topological polar surface area (TPSA) is 72.4 Å². The Balaban J connectivity index is 1.94. The van der Waals surface area contributed by atoms with Gasteiger partial charge in [0.05, 0.1) is 13.0 Å². The number of nitrogens with zero attached hydrogens (tertiary/aromatic N) is 2. The first-order valence-electron chi connectivity index (χ1n) is 6.05. The van der Waals surface area contributed by atoms with Crippen molar-refractivity contribution in [1.82, 2.24) is 10.1 Å². The van der Waals surface area contributed by atoms with Gasteiger partial charge in [0.25, 0.3) is 0 Å². The summed E-state index contributed by atoms with van der Waals surface area (Å²) in [6.45, 7) is 2.28. The molecule has 0 saturated heterocycles. The Morgan fingerprint density at radius 1 is 1.37 bits per heavy atom. The molecule has 5 heteroatoms. The van der Waals surface area contributed by atoms with Crippen molar-refractivity contribution in [2.24, 2.45) is 0 Å². The molecule has 0 saturated carbocycles. The fraction of sp³-hybridized carbons (Fsp3) is 0.286. The number of nitrogen functional groups attached to an aromatic ring is 1. The van der Waals surface area contributed by atoms with Crippen LogP contribution in [0.15, 0.2) is 34.9 Å². The van der Waals surface area contributed by atoms with Crippen LogP contribution in [-0.2, 0) is 17.8 Å². The van der Waals surface area contributed by atoms with Gasteiger partial charge in [0.2, 0.25) is 5.91 Å². The van der Waals surface area contributed by atoms with E-state index < -0.39 is 0 Å². The summed E-state index contributed by atoms with van der Waals surface area (Å²) in [6.07, 6.45) is 0.355. The molecular weight excluding hydrogens is 242 g/mol. The van der Waals surface area contributed by atoms with Crippen LogP contribution >= 0.6 is 0 Å². The van der Waals surface area contributed by atoms with Crippen molar-refractivity contribution in [2.45, 2.75) is 19.9 Å². The lowest BCUT2D eigenvalue weighted by Crippen LogP contribution is -2.27. The highest BCUT2D eigenvalue weighted by molar-refractivity contribution is 5.78. The highest BCUT2D eigenvalue weighted by Crippen LogP contribution is 2.09. The number of anilines is 1. The number of aryl methyl sites for hydroxylation is 1. The lowest BCUT2D eigenvalue weighted by Gasteiger charge is -2.15. The maximum Gasteiger partial charge on any atom is 0.227 e. The second-order valence-corrected chi connectivity index (χ2v) is 4.60. The Hall–Kier alpha value is -2.30. The predicted molar refractivity (Wildman–Crippen MR) is 72.3 cm³/mol. The number of benzene rings is 1. The van der Waals surface area contributed by atoms with Crippen molar-refractivity contribution in [1.29, 1.82) is 0 Å². The van der Waals surface area contributed by atoms with Crippen molar-refractivity contribution < 1.29 is 9.32 Å². The molecule has 2 aromatic rings. The lowest BCUT2D eigenvalue weighted by atomic mass is 10.1. The van der Waals surface area contributed by atoms with E-state index in [1.807, 2.05) is 25.1 Å². The molecule has 0 atom stereocenters. The molecule has 1 aromatic heterocycles. The summed E-state index contributed by atoms with van der Waals surface area (Å²) in [5, 5.41) is 3.87. The quantitative estimate of drug-likeness (QED) is 0.849. The average molecular weight is 259 g/mol. The van der Waals surface area contributed by atoms with Gasteiger partial charge in [-0.15, -0.1) is 0 Å². The van der Waals surface area contributed by atoms with Gasteiger partial charge >= 0.3 is 0 Å². The fourth-order valence-electron chi connectivity index (χ4n) is 1.77. The van der Waals surface area contributed by atoms with Gasteiger partial charge in [-0.1, -0.05) is 17.3 Å². The SMILES string of the molecule is Cc1cc(CN(C)C(=O)Cc2ccc(N)cc2)no1. The van der Waals surface area contributed by atoms with Crippen LogP contribution in [0.1, 0.15) is 17.0 Å². The summed E-state index contributed by atoms with van der Waals surface area (Å²) < 4.78 is 4.97. The van der Waals surface area contributed by atoms with E-state index in [0.29, 0.717) is 18.7 Å². The first-order valence-corrected chi connectivity index (χ1v) is 6.05. The Morgan fingerprint density at radius 3 is 2.63 bits per heavy atom. The molecule has 2 rings (SSSR count). The van der Waals surface area contributed by atoms with E-state index in [1.165, 1.54) is 0 Å². The largest absolute Gasteiger partial charge is 0.399 e. The first kappa shape index (κ1) is 13.1. The third-order valence-corrected chi connectivity index (χ3v) is 2.84. The third kappa shape index (κ3) is 3.58. The molecular formula is C14H17N3O2. The van der Waals surface area contributed by atoms with E-state index in [0.717, 1.165) is 17.0 Å². The molecule has 0 fully saturated rings. The van der Waals surface area contributed by atoms with Gasteiger partial charge in [0.15, 0.2) is 0 Å². The Bertz CT molecular complexity index is 560. The number of carbonyl (C=O) groups is 1. The van der Waals surface area contributed by atoms with E-state index in [9.17, 15) is 4.79 Å². The van der Waals surface area contributed by atoms with Crippen molar-refractivity contribution in [2.75, 3.05) is 12.8 Å². The summed E-state index contributed by atoms with van der Waals surface area (Å²) in [5.41, 5.74) is 8.01. The molecule has 19 heavy (non-hydrogen) atoms. The molecule has 0 spiro atoms. The number of hydrogen-bond donors (Lipinski definition) is 1. The molecule has 0 radical (unpaired) electrons. The number of aromatic nitrogens is 1. The third-order valence-electron chi connectivity index (χ3n) is 2.84. The van der Waals surface area contributed by atoms with E-state index in [-0.39, 0.29) is 5.91 Å². The number of carbonyl (C=O) groups excluding carboxylic acids is 1. The summed E-state index contributed by atoms with van der Waals surface area (Å²) in [6, 6.07) is 9.14. The Morgan fingerprint density at radius 2 is 2.05 bits per heavy atom. The van der Waals surface area contributed by atoms with Gasteiger partial charge < -0.3 is 15.2 Å². The minimum Gasteiger partial charge on any atom is -0.399 e. The number of amides is 1. The lowest BCUT2D eigenvalue weighted by molar-refractivity contribution is -0.129.